The molecule has 1 saturated heterocycles. The third kappa shape index (κ3) is 3.89. The lowest BCUT2D eigenvalue weighted by atomic mass is 10.0. The summed E-state index contributed by atoms with van der Waals surface area (Å²) in [7, 11) is 0. The molecule has 0 aliphatic carbocycles. The van der Waals surface area contributed by atoms with E-state index in [9.17, 15) is 14.9 Å². The Balaban J connectivity index is 2.10. The van der Waals surface area contributed by atoms with Gasteiger partial charge in [0.1, 0.15) is 12.9 Å². The Labute approximate surface area is 121 Å². The lowest BCUT2D eigenvalue weighted by Gasteiger charge is -2.32. The maximum atomic E-state index is 11.5. The average Bonchev–Trinajstić information content (AvgIpc) is 2.48. The van der Waals surface area contributed by atoms with Gasteiger partial charge in [-0.15, -0.1) is 0 Å². The number of ether oxygens (including phenoxy) is 3. The van der Waals surface area contributed by atoms with E-state index in [0.29, 0.717) is 0 Å². The van der Waals surface area contributed by atoms with Crippen LogP contribution in [0.3, 0.4) is 0 Å². The molecule has 2 rings (SSSR count). The molecular formula is C13H16N2O6. The third-order valence-corrected chi connectivity index (χ3v) is 3.00. The largest absolute Gasteiger partial charge is 0.450 e. The van der Waals surface area contributed by atoms with Crippen LogP contribution in [0.15, 0.2) is 24.3 Å². The SMILES string of the molecule is CCOC(=O)N[C@H]1COCO[C@H]1c1ccc([N+](=O)[O-])cc1. The molecule has 1 fully saturated rings. The van der Waals surface area contributed by atoms with Gasteiger partial charge in [-0.1, -0.05) is 0 Å². The van der Waals surface area contributed by atoms with Crippen LogP contribution in [0.1, 0.15) is 18.6 Å². The molecule has 1 N–H and O–H groups in total. The molecule has 1 amide bonds. The van der Waals surface area contributed by atoms with Gasteiger partial charge in [-0.3, -0.25) is 10.1 Å². The maximum Gasteiger partial charge on any atom is 0.407 e. The second-order valence-electron chi connectivity index (χ2n) is 4.40. The zero-order chi connectivity index (χ0) is 15.2. The number of hydrogen-bond acceptors (Lipinski definition) is 6. The number of non-ortho nitro benzene ring substituents is 1. The van der Waals surface area contributed by atoms with Crippen LogP contribution in [0.25, 0.3) is 0 Å². The van der Waals surface area contributed by atoms with Crippen molar-refractivity contribution in [3.63, 3.8) is 0 Å². The van der Waals surface area contributed by atoms with Crippen molar-refractivity contribution in [3.8, 4) is 0 Å². The molecule has 1 aliphatic rings. The summed E-state index contributed by atoms with van der Waals surface area (Å²) in [5.74, 6) is 0. The highest BCUT2D eigenvalue weighted by Gasteiger charge is 2.30. The molecule has 114 valence electrons. The summed E-state index contributed by atoms with van der Waals surface area (Å²) in [4.78, 5) is 21.7. The fraction of sp³-hybridized carbons (Fsp3) is 0.462. The van der Waals surface area contributed by atoms with E-state index < -0.39 is 23.2 Å². The van der Waals surface area contributed by atoms with E-state index >= 15 is 0 Å². The van der Waals surface area contributed by atoms with Crippen LogP contribution < -0.4 is 5.32 Å². The first kappa shape index (κ1) is 15.2. The van der Waals surface area contributed by atoms with Gasteiger partial charge in [0.15, 0.2) is 0 Å². The topological polar surface area (TPSA) is 99.9 Å². The lowest BCUT2D eigenvalue weighted by molar-refractivity contribution is -0.384. The number of nitrogens with zero attached hydrogens (tertiary/aromatic N) is 1. The average molecular weight is 296 g/mol. The Morgan fingerprint density at radius 2 is 2.19 bits per heavy atom. The molecule has 1 aliphatic heterocycles. The summed E-state index contributed by atoms with van der Waals surface area (Å²) in [5.41, 5.74) is 0.728. The molecule has 1 aromatic rings. The van der Waals surface area contributed by atoms with Crippen molar-refractivity contribution < 1.29 is 23.9 Å². The first-order chi connectivity index (χ1) is 10.1. The summed E-state index contributed by atoms with van der Waals surface area (Å²) in [6.07, 6.45) is -0.993. The maximum absolute atomic E-state index is 11.5. The highest BCUT2D eigenvalue weighted by Crippen LogP contribution is 2.26. The van der Waals surface area contributed by atoms with Crippen LogP contribution in [0.5, 0.6) is 0 Å². The number of nitro groups is 1. The minimum atomic E-state index is -0.552. The van der Waals surface area contributed by atoms with Gasteiger partial charge < -0.3 is 19.5 Å². The number of nitrogens with one attached hydrogen (secondary N) is 1. The molecule has 1 heterocycles. The van der Waals surface area contributed by atoms with Crippen molar-refractivity contribution in [2.75, 3.05) is 20.0 Å². The van der Waals surface area contributed by atoms with Crippen molar-refractivity contribution in [1.82, 2.24) is 5.32 Å². The first-order valence-electron chi connectivity index (χ1n) is 6.48. The van der Waals surface area contributed by atoms with Gasteiger partial charge >= 0.3 is 6.09 Å². The summed E-state index contributed by atoms with van der Waals surface area (Å²) < 4.78 is 15.5. The minimum Gasteiger partial charge on any atom is -0.450 e. The number of alkyl carbamates (subject to hydrolysis) is 1. The molecule has 0 radical (unpaired) electrons. The number of carbonyl (C=O) groups is 1. The predicted octanol–water partition coefficient (Wildman–Crippen LogP) is 1.75. The normalized spacial score (nSPS) is 21.6. The number of nitro benzene ring substituents is 1. The molecule has 0 saturated carbocycles. The van der Waals surface area contributed by atoms with Crippen molar-refractivity contribution in [2.24, 2.45) is 0 Å². The van der Waals surface area contributed by atoms with E-state index in [4.69, 9.17) is 14.2 Å². The fourth-order valence-corrected chi connectivity index (χ4v) is 2.06. The molecule has 21 heavy (non-hydrogen) atoms. The van der Waals surface area contributed by atoms with Gasteiger partial charge in [0, 0.05) is 12.1 Å². The smallest absolute Gasteiger partial charge is 0.407 e. The van der Waals surface area contributed by atoms with Gasteiger partial charge in [-0.25, -0.2) is 4.79 Å². The van der Waals surface area contributed by atoms with Crippen molar-refractivity contribution >= 4 is 11.8 Å². The Morgan fingerprint density at radius 3 is 2.81 bits per heavy atom. The molecule has 0 spiro atoms. The molecule has 8 nitrogen and oxygen atoms in total. The van der Waals surface area contributed by atoms with Gasteiger partial charge in [-0.05, 0) is 24.6 Å². The van der Waals surface area contributed by atoms with E-state index in [1.165, 1.54) is 12.1 Å². The molecule has 1 aromatic carbocycles. The highest BCUT2D eigenvalue weighted by atomic mass is 16.7. The number of rotatable bonds is 4. The fourth-order valence-electron chi connectivity index (χ4n) is 2.06. The first-order valence-corrected chi connectivity index (χ1v) is 6.48. The van der Waals surface area contributed by atoms with Crippen LogP contribution in [0.2, 0.25) is 0 Å². The van der Waals surface area contributed by atoms with Gasteiger partial charge in [0.2, 0.25) is 0 Å². The number of amides is 1. The highest BCUT2D eigenvalue weighted by molar-refractivity contribution is 5.67. The second-order valence-corrected chi connectivity index (χ2v) is 4.40. The number of carbonyl (C=O) groups excluding carboxylic acids is 1. The van der Waals surface area contributed by atoms with Gasteiger partial charge in [0.05, 0.1) is 24.2 Å². The van der Waals surface area contributed by atoms with E-state index in [1.54, 1.807) is 19.1 Å². The minimum absolute atomic E-state index is 0.000659. The van der Waals surface area contributed by atoms with Crippen LogP contribution in [-0.4, -0.2) is 37.1 Å². The standard InChI is InChI=1S/C13H16N2O6/c1-2-20-13(16)14-11-7-19-8-21-12(11)9-3-5-10(6-4-9)15(17)18/h3-6,11-12H,2,7-8H2,1H3,(H,14,16)/t11-,12-/m0/s1. The van der Waals surface area contributed by atoms with Crippen molar-refractivity contribution in [3.05, 3.63) is 39.9 Å². The summed E-state index contributed by atoms with van der Waals surface area (Å²) in [5, 5.41) is 13.3. The van der Waals surface area contributed by atoms with E-state index in [0.717, 1.165) is 5.56 Å². The molecule has 0 bridgehead atoms. The van der Waals surface area contributed by atoms with Gasteiger partial charge in [-0.2, -0.15) is 0 Å². The summed E-state index contributed by atoms with van der Waals surface area (Å²) >= 11 is 0. The van der Waals surface area contributed by atoms with Crippen LogP contribution in [-0.2, 0) is 14.2 Å². The van der Waals surface area contributed by atoms with E-state index in [-0.39, 0.29) is 25.7 Å². The zero-order valence-electron chi connectivity index (χ0n) is 11.5. The summed E-state index contributed by atoms with van der Waals surface area (Å²) in [6.45, 7) is 2.35. The Hall–Kier alpha value is -2.19. The van der Waals surface area contributed by atoms with Crippen molar-refractivity contribution in [1.29, 1.82) is 0 Å². The third-order valence-electron chi connectivity index (χ3n) is 3.00. The molecule has 2 atom stereocenters. The predicted molar refractivity (Wildman–Crippen MR) is 71.7 cm³/mol. The zero-order valence-corrected chi connectivity index (χ0v) is 11.5. The number of benzene rings is 1. The van der Waals surface area contributed by atoms with Crippen LogP contribution in [0, 0.1) is 10.1 Å². The second kappa shape index (κ2) is 7.00. The molecule has 0 unspecified atom stereocenters. The van der Waals surface area contributed by atoms with E-state index in [2.05, 4.69) is 5.32 Å². The van der Waals surface area contributed by atoms with Gasteiger partial charge in [0.25, 0.3) is 5.69 Å². The Kier molecular flexibility index (Phi) is 5.07. The monoisotopic (exact) mass is 296 g/mol. The number of hydrogen-bond donors (Lipinski definition) is 1. The summed E-state index contributed by atoms with van der Waals surface area (Å²) in [6, 6.07) is 5.59. The lowest BCUT2D eigenvalue weighted by Crippen LogP contribution is -2.46. The molecular weight excluding hydrogens is 280 g/mol. The van der Waals surface area contributed by atoms with Crippen LogP contribution >= 0.6 is 0 Å². The Bertz CT molecular complexity index is 504. The Morgan fingerprint density at radius 1 is 1.48 bits per heavy atom. The quantitative estimate of drug-likeness (QED) is 0.671. The van der Waals surface area contributed by atoms with Crippen LogP contribution in [0.4, 0.5) is 10.5 Å². The van der Waals surface area contributed by atoms with E-state index in [1.807, 2.05) is 0 Å². The molecule has 8 heteroatoms. The van der Waals surface area contributed by atoms with Crippen molar-refractivity contribution in [2.45, 2.75) is 19.1 Å². The molecule has 0 aromatic heterocycles.